The average molecular weight is 543 g/mol. The maximum Gasteiger partial charge on any atom is 0.408 e. The number of ether oxygens (including phenoxy) is 1. The highest BCUT2D eigenvalue weighted by Gasteiger charge is 2.38. The van der Waals surface area contributed by atoms with Gasteiger partial charge in [-0.25, -0.2) is 13.2 Å². The summed E-state index contributed by atoms with van der Waals surface area (Å²) in [7, 11) is -2.45. The van der Waals surface area contributed by atoms with E-state index in [1.54, 1.807) is 18.2 Å². The van der Waals surface area contributed by atoms with Crippen LogP contribution in [0.1, 0.15) is 24.0 Å². The standard InChI is InChI=1S/C24H30N8O5S/c1-31-29-23(28-30-31)38(35,36)32-12-10-19(11-13-32)21(22(33)26-20-9-5-8-18(14-20)15-25)27-24(34)37-16-17-6-3-2-4-7-17/h2-9,14,19,21H,10-13,15-16,25H2,1H3,(H,26,33)(H,27,34)/t21-/m0/s1. The Morgan fingerprint density at radius 3 is 2.47 bits per heavy atom. The molecule has 38 heavy (non-hydrogen) atoms. The van der Waals surface area contributed by atoms with Crippen molar-refractivity contribution in [2.24, 2.45) is 18.7 Å². The lowest BCUT2D eigenvalue weighted by Gasteiger charge is -2.34. The fraction of sp³-hybridized carbons (Fsp3) is 0.375. The second-order valence-corrected chi connectivity index (χ2v) is 10.7. The molecule has 202 valence electrons. The molecule has 1 saturated heterocycles. The number of sulfonamides is 1. The third-order valence-electron chi connectivity index (χ3n) is 6.23. The SMILES string of the molecule is Cn1nnc(S(=O)(=O)N2CCC([C@H](NC(=O)OCc3ccccc3)C(=O)Nc3cccc(CN)c3)CC2)n1. The van der Waals surface area contributed by atoms with Crippen molar-refractivity contribution in [1.82, 2.24) is 29.8 Å². The van der Waals surface area contributed by atoms with Gasteiger partial charge in [0, 0.05) is 25.3 Å². The van der Waals surface area contributed by atoms with E-state index < -0.39 is 28.1 Å². The minimum atomic E-state index is -3.93. The number of anilines is 1. The number of hydrogen-bond acceptors (Lipinski definition) is 9. The Kier molecular flexibility index (Phi) is 8.66. The maximum atomic E-state index is 13.3. The molecule has 14 heteroatoms. The van der Waals surface area contributed by atoms with Gasteiger partial charge in [-0.3, -0.25) is 4.79 Å². The van der Waals surface area contributed by atoms with Gasteiger partial charge >= 0.3 is 11.2 Å². The zero-order valence-electron chi connectivity index (χ0n) is 20.9. The van der Waals surface area contributed by atoms with Gasteiger partial charge in [0.2, 0.25) is 5.91 Å². The van der Waals surface area contributed by atoms with Crippen LogP contribution in [-0.2, 0) is 39.8 Å². The number of alkyl carbamates (subject to hydrolysis) is 1. The summed E-state index contributed by atoms with van der Waals surface area (Å²) in [5.41, 5.74) is 7.89. The van der Waals surface area contributed by atoms with Crippen LogP contribution in [0.3, 0.4) is 0 Å². The van der Waals surface area contributed by atoms with Crippen molar-refractivity contribution >= 4 is 27.7 Å². The smallest absolute Gasteiger partial charge is 0.408 e. The Morgan fingerprint density at radius 1 is 1.11 bits per heavy atom. The summed E-state index contributed by atoms with van der Waals surface area (Å²) in [4.78, 5) is 27.1. The summed E-state index contributed by atoms with van der Waals surface area (Å²) in [6.07, 6.45) is -0.109. The second-order valence-electron chi connectivity index (χ2n) is 8.88. The summed E-state index contributed by atoms with van der Waals surface area (Å²) >= 11 is 0. The molecule has 0 radical (unpaired) electrons. The largest absolute Gasteiger partial charge is 0.445 e. The predicted molar refractivity (Wildman–Crippen MR) is 137 cm³/mol. The number of benzene rings is 2. The number of piperidine rings is 1. The third-order valence-corrected chi connectivity index (χ3v) is 7.90. The molecule has 1 aliphatic rings. The molecule has 0 unspecified atom stereocenters. The molecular weight excluding hydrogens is 512 g/mol. The van der Waals surface area contributed by atoms with Crippen molar-refractivity contribution in [2.45, 2.75) is 37.2 Å². The lowest BCUT2D eigenvalue weighted by molar-refractivity contribution is -0.119. The topological polar surface area (TPSA) is 174 Å². The fourth-order valence-electron chi connectivity index (χ4n) is 4.22. The third kappa shape index (κ3) is 6.70. The highest BCUT2D eigenvalue weighted by atomic mass is 32.2. The van der Waals surface area contributed by atoms with Gasteiger partial charge in [0.15, 0.2) is 0 Å². The molecule has 0 saturated carbocycles. The molecule has 2 aromatic carbocycles. The van der Waals surface area contributed by atoms with Crippen molar-refractivity contribution in [3.8, 4) is 0 Å². The quantitative estimate of drug-likeness (QED) is 0.356. The first-order chi connectivity index (χ1) is 18.3. The highest BCUT2D eigenvalue weighted by molar-refractivity contribution is 7.88. The maximum absolute atomic E-state index is 13.3. The summed E-state index contributed by atoms with van der Waals surface area (Å²) < 4.78 is 32.4. The van der Waals surface area contributed by atoms with Crippen LogP contribution in [-0.4, -0.2) is 64.1 Å². The van der Waals surface area contributed by atoms with Crippen LogP contribution >= 0.6 is 0 Å². The number of rotatable bonds is 9. The Balaban J connectivity index is 1.45. The number of nitrogens with two attached hydrogens (primary N) is 1. The van der Waals surface area contributed by atoms with E-state index in [2.05, 4.69) is 26.0 Å². The summed E-state index contributed by atoms with van der Waals surface area (Å²) in [5.74, 6) is -0.786. The molecule has 4 rings (SSSR count). The number of nitrogens with one attached hydrogen (secondary N) is 2. The molecule has 1 aliphatic heterocycles. The van der Waals surface area contributed by atoms with Crippen LogP contribution in [0.25, 0.3) is 0 Å². The number of carbonyl (C=O) groups excluding carboxylic acids is 2. The van der Waals surface area contributed by atoms with Gasteiger partial charge in [0.25, 0.3) is 10.0 Å². The number of tetrazole rings is 1. The number of aryl methyl sites for hydroxylation is 1. The molecule has 2 heterocycles. The molecule has 3 aromatic rings. The van der Waals surface area contributed by atoms with Crippen LogP contribution in [0, 0.1) is 5.92 Å². The van der Waals surface area contributed by atoms with Gasteiger partial charge in [-0.15, -0.1) is 5.10 Å². The van der Waals surface area contributed by atoms with Crippen molar-refractivity contribution in [2.75, 3.05) is 18.4 Å². The molecule has 0 aliphatic carbocycles. The van der Waals surface area contributed by atoms with E-state index in [0.717, 1.165) is 15.9 Å². The molecule has 0 spiro atoms. The number of carbonyl (C=O) groups is 2. The van der Waals surface area contributed by atoms with E-state index >= 15 is 0 Å². The van der Waals surface area contributed by atoms with Crippen molar-refractivity contribution in [1.29, 1.82) is 0 Å². The monoisotopic (exact) mass is 542 g/mol. The second kappa shape index (κ2) is 12.1. The average Bonchev–Trinajstić information content (AvgIpc) is 3.38. The van der Waals surface area contributed by atoms with Gasteiger partial charge < -0.3 is 21.1 Å². The van der Waals surface area contributed by atoms with E-state index in [9.17, 15) is 18.0 Å². The number of nitrogens with zero attached hydrogens (tertiary/aromatic N) is 5. The van der Waals surface area contributed by atoms with Gasteiger partial charge in [0.05, 0.1) is 7.05 Å². The van der Waals surface area contributed by atoms with E-state index in [4.69, 9.17) is 10.5 Å². The zero-order chi connectivity index (χ0) is 27.1. The van der Waals surface area contributed by atoms with Gasteiger partial charge in [-0.05, 0) is 47.2 Å². The first kappa shape index (κ1) is 27.2. The van der Waals surface area contributed by atoms with E-state index in [0.29, 0.717) is 25.1 Å². The van der Waals surface area contributed by atoms with Gasteiger partial charge in [-0.1, -0.05) is 47.6 Å². The number of hydrogen-bond donors (Lipinski definition) is 3. The Labute approximate surface area is 220 Å². The predicted octanol–water partition coefficient (Wildman–Crippen LogP) is 1.00. The Hall–Kier alpha value is -3.88. The minimum absolute atomic E-state index is 0.0430. The Morgan fingerprint density at radius 2 is 1.82 bits per heavy atom. The van der Waals surface area contributed by atoms with Gasteiger partial charge in [-0.2, -0.15) is 9.10 Å². The lowest BCUT2D eigenvalue weighted by atomic mass is 9.89. The Bertz CT molecular complexity index is 1360. The van der Waals surface area contributed by atoms with E-state index in [1.807, 2.05) is 36.4 Å². The van der Waals surface area contributed by atoms with Crippen molar-refractivity contribution < 1.29 is 22.7 Å². The van der Waals surface area contributed by atoms with Crippen LogP contribution in [0.4, 0.5) is 10.5 Å². The molecule has 1 atom stereocenters. The lowest BCUT2D eigenvalue weighted by Crippen LogP contribution is -2.52. The molecule has 0 bridgehead atoms. The molecule has 1 aromatic heterocycles. The van der Waals surface area contributed by atoms with Crippen LogP contribution < -0.4 is 16.4 Å². The molecule has 2 amide bonds. The fourth-order valence-corrected chi connectivity index (χ4v) is 5.50. The summed E-state index contributed by atoms with van der Waals surface area (Å²) in [5, 5.41) is 16.2. The first-order valence-electron chi connectivity index (χ1n) is 12.1. The molecule has 13 nitrogen and oxygen atoms in total. The highest BCUT2D eigenvalue weighted by Crippen LogP contribution is 2.26. The normalized spacial score (nSPS) is 15.5. The van der Waals surface area contributed by atoms with Crippen molar-refractivity contribution in [3.63, 3.8) is 0 Å². The number of amides is 2. The van der Waals surface area contributed by atoms with Gasteiger partial charge in [0.1, 0.15) is 12.6 Å². The van der Waals surface area contributed by atoms with Crippen LogP contribution in [0.5, 0.6) is 0 Å². The first-order valence-corrected chi connectivity index (χ1v) is 13.5. The molecule has 1 fully saturated rings. The zero-order valence-corrected chi connectivity index (χ0v) is 21.7. The van der Waals surface area contributed by atoms with Crippen LogP contribution in [0.15, 0.2) is 59.8 Å². The molecule has 4 N–H and O–H groups in total. The van der Waals surface area contributed by atoms with E-state index in [-0.39, 0.29) is 30.8 Å². The molecular formula is C24H30N8O5S. The number of aromatic nitrogens is 4. The van der Waals surface area contributed by atoms with Crippen molar-refractivity contribution in [3.05, 3.63) is 65.7 Å². The van der Waals surface area contributed by atoms with E-state index in [1.165, 1.54) is 11.4 Å². The minimum Gasteiger partial charge on any atom is -0.445 e. The summed E-state index contributed by atoms with van der Waals surface area (Å²) in [6, 6.07) is 15.3. The van der Waals surface area contributed by atoms with Crippen LogP contribution in [0.2, 0.25) is 0 Å². The summed E-state index contributed by atoms with van der Waals surface area (Å²) in [6.45, 7) is 0.600.